The van der Waals surface area contributed by atoms with Crippen LogP contribution in [0.3, 0.4) is 0 Å². The molecule has 0 amide bonds. The second kappa shape index (κ2) is 10.8. The van der Waals surface area contributed by atoms with Gasteiger partial charge in [-0.2, -0.15) is 13.2 Å². The first-order valence-electron chi connectivity index (χ1n) is 9.94. The van der Waals surface area contributed by atoms with E-state index in [9.17, 15) is 17.4 Å². The summed E-state index contributed by atoms with van der Waals surface area (Å²) in [4.78, 5) is 4.38. The third-order valence-electron chi connectivity index (χ3n) is 5.00. The van der Waals surface area contributed by atoms with Crippen LogP contribution >= 0.6 is 0 Å². The van der Waals surface area contributed by atoms with E-state index in [-0.39, 0.29) is 29.1 Å². The highest BCUT2D eigenvalue weighted by Gasteiger charge is 2.33. The van der Waals surface area contributed by atoms with Crippen molar-refractivity contribution in [3.05, 3.63) is 29.3 Å². The van der Waals surface area contributed by atoms with Crippen LogP contribution in [0.4, 0.5) is 13.2 Å². The van der Waals surface area contributed by atoms with Crippen molar-refractivity contribution in [2.45, 2.75) is 63.5 Å². The molecular weight excluding hydrogens is 403 g/mol. The Balaban J connectivity index is 2.14. The fourth-order valence-electron chi connectivity index (χ4n) is 3.51. The molecule has 1 saturated carbocycles. The number of nitrogens with one attached hydrogen (secondary N) is 2. The molecule has 0 bridgehead atoms. The molecule has 0 aromatic heterocycles. The van der Waals surface area contributed by atoms with E-state index in [2.05, 4.69) is 15.6 Å². The minimum absolute atomic E-state index is 0.0871. The zero-order valence-corrected chi connectivity index (χ0v) is 18.0. The quantitative estimate of drug-likeness (QED) is 0.507. The highest BCUT2D eigenvalue weighted by molar-refractivity contribution is 7.85. The lowest BCUT2D eigenvalue weighted by molar-refractivity contribution is -0.138. The SMILES string of the molecule is CCNC(=NCc1ccc(OC)cc1C(F)(F)F)NC1CCCC(S(=O)CC)C1. The number of nitrogens with zero attached hydrogens (tertiary/aromatic N) is 1. The predicted octanol–water partition coefficient (Wildman–Crippen LogP) is 3.85. The zero-order chi connectivity index (χ0) is 21.4. The number of methoxy groups -OCH3 is 1. The maximum absolute atomic E-state index is 13.4. The van der Waals surface area contributed by atoms with Crippen molar-refractivity contribution in [2.75, 3.05) is 19.4 Å². The van der Waals surface area contributed by atoms with E-state index in [0.29, 0.717) is 18.3 Å². The molecule has 1 aliphatic rings. The van der Waals surface area contributed by atoms with E-state index in [1.54, 1.807) is 0 Å². The Bertz CT molecular complexity index is 725. The zero-order valence-electron chi connectivity index (χ0n) is 17.1. The van der Waals surface area contributed by atoms with Gasteiger partial charge in [0.25, 0.3) is 0 Å². The third-order valence-corrected chi connectivity index (χ3v) is 6.74. The Morgan fingerprint density at radius 1 is 1.31 bits per heavy atom. The van der Waals surface area contributed by atoms with Crippen LogP contribution in [0.15, 0.2) is 23.2 Å². The Labute approximate surface area is 173 Å². The van der Waals surface area contributed by atoms with Crippen molar-refractivity contribution < 1.29 is 22.1 Å². The minimum Gasteiger partial charge on any atom is -0.497 e. The number of halogens is 3. The largest absolute Gasteiger partial charge is 0.497 e. The van der Waals surface area contributed by atoms with Gasteiger partial charge in [0.1, 0.15) is 5.75 Å². The molecule has 1 aromatic rings. The van der Waals surface area contributed by atoms with Crippen molar-refractivity contribution in [1.82, 2.24) is 10.6 Å². The number of hydrogen-bond acceptors (Lipinski definition) is 3. The van der Waals surface area contributed by atoms with Crippen LogP contribution < -0.4 is 15.4 Å². The summed E-state index contributed by atoms with van der Waals surface area (Å²) in [5.74, 6) is 1.28. The smallest absolute Gasteiger partial charge is 0.416 e. The van der Waals surface area contributed by atoms with Gasteiger partial charge in [-0.25, -0.2) is 4.99 Å². The summed E-state index contributed by atoms with van der Waals surface area (Å²) in [7, 11) is 0.497. The number of benzene rings is 1. The second-order valence-electron chi connectivity index (χ2n) is 7.02. The van der Waals surface area contributed by atoms with Gasteiger partial charge in [0.2, 0.25) is 0 Å². The molecule has 5 nitrogen and oxygen atoms in total. The topological polar surface area (TPSA) is 62.7 Å². The highest BCUT2D eigenvalue weighted by Crippen LogP contribution is 2.34. The number of alkyl halides is 3. The molecule has 1 aliphatic carbocycles. The fraction of sp³-hybridized carbons (Fsp3) is 0.650. The van der Waals surface area contributed by atoms with Gasteiger partial charge < -0.3 is 15.4 Å². The predicted molar refractivity (Wildman–Crippen MR) is 111 cm³/mol. The molecule has 29 heavy (non-hydrogen) atoms. The molecular formula is C20H30F3N3O2S. The van der Waals surface area contributed by atoms with Crippen molar-refractivity contribution in [2.24, 2.45) is 4.99 Å². The standard InChI is InChI=1S/C20H30F3N3O2S/c1-4-24-19(26-15-7-6-8-17(11-15)29(27)5-2)25-13-14-9-10-16(28-3)12-18(14)20(21,22)23/h9-10,12,15,17H,4-8,11,13H2,1-3H3,(H2,24,25,26). The van der Waals surface area contributed by atoms with E-state index in [1.807, 2.05) is 13.8 Å². The van der Waals surface area contributed by atoms with Crippen LogP contribution in [0, 0.1) is 0 Å². The number of ether oxygens (including phenoxy) is 1. The van der Waals surface area contributed by atoms with Gasteiger partial charge in [-0.05, 0) is 43.9 Å². The monoisotopic (exact) mass is 433 g/mol. The Morgan fingerprint density at radius 3 is 2.69 bits per heavy atom. The van der Waals surface area contributed by atoms with Crippen LogP contribution in [0.1, 0.15) is 50.7 Å². The lowest BCUT2D eigenvalue weighted by atomic mass is 9.95. The molecule has 2 rings (SSSR count). The van der Waals surface area contributed by atoms with Crippen LogP contribution in [0.2, 0.25) is 0 Å². The van der Waals surface area contributed by atoms with Gasteiger partial charge in [0.05, 0.1) is 19.2 Å². The fourth-order valence-corrected chi connectivity index (χ4v) is 4.86. The molecule has 2 N–H and O–H groups in total. The van der Waals surface area contributed by atoms with E-state index in [4.69, 9.17) is 4.74 Å². The van der Waals surface area contributed by atoms with Gasteiger partial charge >= 0.3 is 6.18 Å². The molecule has 0 saturated heterocycles. The van der Waals surface area contributed by atoms with E-state index < -0.39 is 22.5 Å². The van der Waals surface area contributed by atoms with Gasteiger partial charge in [0.15, 0.2) is 5.96 Å². The minimum atomic E-state index is -4.48. The molecule has 1 aromatic carbocycles. The van der Waals surface area contributed by atoms with E-state index in [1.165, 1.54) is 19.2 Å². The molecule has 3 atom stereocenters. The van der Waals surface area contributed by atoms with Crippen molar-refractivity contribution >= 4 is 16.8 Å². The highest BCUT2D eigenvalue weighted by atomic mass is 32.2. The number of rotatable bonds is 7. The first-order valence-corrected chi connectivity index (χ1v) is 11.3. The average Bonchev–Trinajstić information content (AvgIpc) is 2.71. The lowest BCUT2D eigenvalue weighted by Crippen LogP contribution is -2.46. The normalized spacial score (nSPS) is 21.5. The van der Waals surface area contributed by atoms with Crippen LogP contribution in [-0.2, 0) is 23.5 Å². The van der Waals surface area contributed by atoms with Crippen molar-refractivity contribution in [3.63, 3.8) is 0 Å². The maximum atomic E-state index is 13.4. The van der Waals surface area contributed by atoms with Crippen molar-refractivity contribution in [3.8, 4) is 5.75 Å². The van der Waals surface area contributed by atoms with Crippen LogP contribution in [0.25, 0.3) is 0 Å². The van der Waals surface area contributed by atoms with Crippen molar-refractivity contribution in [1.29, 1.82) is 0 Å². The molecule has 0 radical (unpaired) electrons. The second-order valence-corrected chi connectivity index (χ2v) is 9.02. The Morgan fingerprint density at radius 2 is 2.07 bits per heavy atom. The van der Waals surface area contributed by atoms with Crippen LogP contribution in [-0.4, -0.2) is 40.9 Å². The first kappa shape index (κ1) is 23.5. The molecule has 3 unspecified atom stereocenters. The molecule has 1 fully saturated rings. The number of guanidine groups is 1. The van der Waals surface area contributed by atoms with Gasteiger partial charge in [-0.15, -0.1) is 0 Å². The summed E-state index contributed by atoms with van der Waals surface area (Å²) in [6, 6.07) is 4.01. The van der Waals surface area contributed by atoms with E-state index >= 15 is 0 Å². The third kappa shape index (κ3) is 6.90. The van der Waals surface area contributed by atoms with Gasteiger partial charge in [0, 0.05) is 34.4 Å². The van der Waals surface area contributed by atoms with Crippen LogP contribution in [0.5, 0.6) is 5.75 Å². The summed E-state index contributed by atoms with van der Waals surface area (Å²) in [6.45, 7) is 4.32. The Kier molecular flexibility index (Phi) is 8.79. The summed E-state index contributed by atoms with van der Waals surface area (Å²) >= 11 is 0. The Hall–Kier alpha value is -1.77. The molecule has 9 heteroatoms. The summed E-state index contributed by atoms with van der Waals surface area (Å²) < 4.78 is 57.3. The van der Waals surface area contributed by atoms with E-state index in [0.717, 1.165) is 31.7 Å². The summed E-state index contributed by atoms with van der Waals surface area (Å²) in [5, 5.41) is 6.57. The number of hydrogen-bond donors (Lipinski definition) is 2. The lowest BCUT2D eigenvalue weighted by Gasteiger charge is -2.30. The molecule has 0 aliphatic heterocycles. The number of aliphatic imine (C=N–C) groups is 1. The summed E-state index contributed by atoms with van der Waals surface area (Å²) in [6.07, 6.45) is -0.845. The maximum Gasteiger partial charge on any atom is 0.416 e. The average molecular weight is 434 g/mol. The molecule has 0 spiro atoms. The van der Waals surface area contributed by atoms with Gasteiger partial charge in [-0.3, -0.25) is 4.21 Å². The molecule has 164 valence electrons. The molecule has 0 heterocycles. The first-order chi connectivity index (χ1) is 13.8. The summed E-state index contributed by atoms with van der Waals surface area (Å²) in [5.41, 5.74) is -0.656. The van der Waals surface area contributed by atoms with Gasteiger partial charge in [-0.1, -0.05) is 19.4 Å².